The Morgan fingerprint density at radius 1 is 1.31 bits per heavy atom. The van der Waals surface area contributed by atoms with Crippen LogP contribution >= 0.6 is 15.9 Å². The molecule has 0 aliphatic heterocycles. The zero-order valence-corrected chi connectivity index (χ0v) is 8.34. The molecule has 0 bridgehead atoms. The fraction of sp³-hybridized carbons (Fsp3) is 0.333. The molecule has 0 aliphatic carbocycles. The van der Waals surface area contributed by atoms with Gasteiger partial charge in [0.05, 0.1) is 12.5 Å². The Balaban J connectivity index is 2.64. The molecule has 13 heavy (non-hydrogen) atoms. The average Bonchev–Trinajstić information content (AvgIpc) is 2.03. The number of hydrogen-bond acceptors (Lipinski definition) is 1. The molecule has 0 aromatic heterocycles. The molecule has 1 atom stereocenters. The number of aliphatic hydroxyl groups excluding tert-OH is 1. The number of aliphatic hydroxyl groups is 1. The van der Waals surface area contributed by atoms with Gasteiger partial charge in [-0.25, -0.2) is 0 Å². The summed E-state index contributed by atoms with van der Waals surface area (Å²) in [4.78, 5) is -3.01. The van der Waals surface area contributed by atoms with E-state index >= 15 is 0 Å². The highest BCUT2D eigenvalue weighted by molar-refractivity contribution is 9.09. The van der Waals surface area contributed by atoms with Crippen molar-refractivity contribution < 1.29 is 13.9 Å². The van der Waals surface area contributed by atoms with Crippen molar-refractivity contribution in [3.05, 3.63) is 35.9 Å². The van der Waals surface area contributed by atoms with Crippen LogP contribution in [0.5, 0.6) is 0 Å². The van der Waals surface area contributed by atoms with Crippen LogP contribution in [0, 0.1) is 0 Å². The topological polar surface area (TPSA) is 20.2 Å². The predicted molar refractivity (Wildman–Crippen MR) is 49.9 cm³/mol. The first-order valence-corrected chi connectivity index (χ1v) is 4.58. The maximum Gasteiger partial charge on any atom is 0.304 e. The summed E-state index contributed by atoms with van der Waals surface area (Å²) in [5, 5.41) is 9.35. The standard InChI is InChI=1S/C9H9BrF2O/c10-9(11,12)6-8(13)7-4-2-1-3-5-7/h1-5,8,13H,6H2. The third-order valence-electron chi connectivity index (χ3n) is 1.61. The molecule has 1 N–H and O–H groups in total. The van der Waals surface area contributed by atoms with Crippen LogP contribution < -0.4 is 0 Å². The molecule has 0 radical (unpaired) electrons. The summed E-state index contributed by atoms with van der Waals surface area (Å²) in [5.74, 6) is 0. The summed E-state index contributed by atoms with van der Waals surface area (Å²) < 4.78 is 24.8. The highest BCUT2D eigenvalue weighted by Gasteiger charge is 2.28. The Bertz CT molecular complexity index is 258. The van der Waals surface area contributed by atoms with E-state index < -0.39 is 17.4 Å². The molecule has 72 valence electrons. The molecule has 0 aliphatic rings. The van der Waals surface area contributed by atoms with E-state index in [1.807, 2.05) is 0 Å². The smallest absolute Gasteiger partial charge is 0.304 e. The highest BCUT2D eigenvalue weighted by Crippen LogP contribution is 2.32. The second-order valence-corrected chi connectivity index (χ2v) is 3.91. The predicted octanol–water partition coefficient (Wildman–Crippen LogP) is 3.10. The summed E-state index contributed by atoms with van der Waals surface area (Å²) in [6.07, 6.45) is -1.74. The van der Waals surface area contributed by atoms with E-state index in [1.54, 1.807) is 30.3 Å². The van der Waals surface area contributed by atoms with Crippen molar-refractivity contribution in [3.8, 4) is 0 Å². The van der Waals surface area contributed by atoms with Crippen LogP contribution in [0.3, 0.4) is 0 Å². The Morgan fingerprint density at radius 2 is 1.85 bits per heavy atom. The van der Waals surface area contributed by atoms with Gasteiger partial charge in [-0.1, -0.05) is 30.3 Å². The maximum atomic E-state index is 12.4. The number of halogens is 3. The number of hydrogen-bond donors (Lipinski definition) is 1. The van der Waals surface area contributed by atoms with Gasteiger partial charge >= 0.3 is 4.83 Å². The highest BCUT2D eigenvalue weighted by atomic mass is 79.9. The SMILES string of the molecule is OC(CC(F)(F)Br)c1ccccc1. The van der Waals surface area contributed by atoms with E-state index in [0.717, 1.165) is 0 Å². The van der Waals surface area contributed by atoms with Crippen molar-refractivity contribution in [2.75, 3.05) is 0 Å². The minimum absolute atomic E-state index is 0.502. The van der Waals surface area contributed by atoms with Gasteiger partial charge in [-0.3, -0.25) is 0 Å². The van der Waals surface area contributed by atoms with E-state index in [1.165, 1.54) is 0 Å². The molecule has 1 aromatic carbocycles. The monoisotopic (exact) mass is 250 g/mol. The largest absolute Gasteiger partial charge is 0.388 e. The fourth-order valence-electron chi connectivity index (χ4n) is 1.01. The molecule has 1 unspecified atom stereocenters. The molecular formula is C9H9BrF2O. The first-order valence-electron chi connectivity index (χ1n) is 3.79. The first-order chi connectivity index (χ1) is 5.99. The van der Waals surface area contributed by atoms with Crippen LogP contribution in [-0.4, -0.2) is 9.94 Å². The van der Waals surface area contributed by atoms with Crippen molar-refractivity contribution in [1.29, 1.82) is 0 Å². The lowest BCUT2D eigenvalue weighted by molar-refractivity contribution is 0.0394. The minimum Gasteiger partial charge on any atom is -0.388 e. The van der Waals surface area contributed by atoms with E-state index in [4.69, 9.17) is 0 Å². The van der Waals surface area contributed by atoms with Crippen molar-refractivity contribution in [1.82, 2.24) is 0 Å². The van der Waals surface area contributed by atoms with Gasteiger partial charge < -0.3 is 5.11 Å². The van der Waals surface area contributed by atoms with Gasteiger partial charge in [0.2, 0.25) is 0 Å². The van der Waals surface area contributed by atoms with Crippen molar-refractivity contribution >= 4 is 15.9 Å². The van der Waals surface area contributed by atoms with Crippen LogP contribution in [0.4, 0.5) is 8.78 Å². The second kappa shape index (κ2) is 4.15. The van der Waals surface area contributed by atoms with E-state index in [2.05, 4.69) is 15.9 Å². The molecule has 0 spiro atoms. The number of rotatable bonds is 3. The average molecular weight is 251 g/mol. The first kappa shape index (κ1) is 10.6. The van der Waals surface area contributed by atoms with E-state index in [0.29, 0.717) is 5.56 Å². The van der Waals surface area contributed by atoms with Crippen molar-refractivity contribution in [2.24, 2.45) is 0 Å². The molecule has 0 amide bonds. The lowest BCUT2D eigenvalue weighted by Crippen LogP contribution is -2.11. The third kappa shape index (κ3) is 3.83. The van der Waals surface area contributed by atoms with Crippen molar-refractivity contribution in [2.45, 2.75) is 17.4 Å². The zero-order valence-electron chi connectivity index (χ0n) is 6.75. The molecule has 4 heteroatoms. The Labute approximate surface area is 83.5 Å². The number of benzene rings is 1. The molecule has 0 fully saturated rings. The van der Waals surface area contributed by atoms with Crippen LogP contribution in [0.15, 0.2) is 30.3 Å². The summed E-state index contributed by atoms with van der Waals surface area (Å²) in [6.45, 7) is 0. The normalized spacial score (nSPS) is 14.2. The van der Waals surface area contributed by atoms with Crippen molar-refractivity contribution in [3.63, 3.8) is 0 Å². The summed E-state index contributed by atoms with van der Waals surface area (Å²) in [7, 11) is 0. The van der Waals surface area contributed by atoms with Gasteiger partial charge in [-0.2, -0.15) is 8.78 Å². The fourth-order valence-corrected chi connectivity index (χ4v) is 1.32. The lowest BCUT2D eigenvalue weighted by Gasteiger charge is -2.14. The third-order valence-corrected chi connectivity index (χ3v) is 1.93. The molecule has 1 nitrogen and oxygen atoms in total. The van der Waals surface area contributed by atoms with Gasteiger partial charge in [0.1, 0.15) is 0 Å². The van der Waals surface area contributed by atoms with E-state index in [-0.39, 0.29) is 0 Å². The summed E-state index contributed by atoms with van der Waals surface area (Å²) >= 11 is 2.18. The molecule has 0 heterocycles. The lowest BCUT2D eigenvalue weighted by atomic mass is 10.1. The van der Waals surface area contributed by atoms with Gasteiger partial charge in [0.25, 0.3) is 0 Å². The summed E-state index contributed by atoms with van der Waals surface area (Å²) in [6, 6.07) is 8.39. The molecule has 0 saturated heterocycles. The van der Waals surface area contributed by atoms with Crippen LogP contribution in [0.25, 0.3) is 0 Å². The van der Waals surface area contributed by atoms with Crippen LogP contribution in [0.1, 0.15) is 18.1 Å². The Hall–Kier alpha value is -0.480. The molecular weight excluding hydrogens is 242 g/mol. The second-order valence-electron chi connectivity index (χ2n) is 2.75. The van der Waals surface area contributed by atoms with Gasteiger partial charge in [0.15, 0.2) is 0 Å². The number of alkyl halides is 3. The van der Waals surface area contributed by atoms with Gasteiger partial charge in [0, 0.05) is 0 Å². The maximum absolute atomic E-state index is 12.4. The van der Waals surface area contributed by atoms with Gasteiger partial charge in [-0.05, 0) is 21.5 Å². The summed E-state index contributed by atoms with van der Waals surface area (Å²) in [5.41, 5.74) is 0.502. The molecule has 0 saturated carbocycles. The van der Waals surface area contributed by atoms with Crippen LogP contribution in [-0.2, 0) is 0 Å². The molecule has 1 rings (SSSR count). The zero-order chi connectivity index (χ0) is 9.90. The quantitative estimate of drug-likeness (QED) is 0.818. The Morgan fingerprint density at radius 3 is 2.31 bits per heavy atom. The van der Waals surface area contributed by atoms with E-state index in [9.17, 15) is 13.9 Å². The van der Waals surface area contributed by atoms with Crippen LogP contribution in [0.2, 0.25) is 0 Å². The Kier molecular flexibility index (Phi) is 3.39. The molecule has 1 aromatic rings. The van der Waals surface area contributed by atoms with Gasteiger partial charge in [-0.15, -0.1) is 0 Å². The minimum atomic E-state index is -3.01.